The molecule has 0 aliphatic carbocycles. The van der Waals surface area contributed by atoms with E-state index in [0.29, 0.717) is 27.8 Å². The van der Waals surface area contributed by atoms with Gasteiger partial charge < -0.3 is 0 Å². The van der Waals surface area contributed by atoms with E-state index < -0.39 is 0 Å². The van der Waals surface area contributed by atoms with Crippen molar-refractivity contribution in [3.63, 3.8) is 0 Å². The van der Waals surface area contributed by atoms with Gasteiger partial charge in [-0.05, 0) is 215 Å². The van der Waals surface area contributed by atoms with Crippen LogP contribution in [0.15, 0.2) is 346 Å². The summed E-state index contributed by atoms with van der Waals surface area (Å²) in [6.07, 6.45) is 9.15. The van der Waals surface area contributed by atoms with Gasteiger partial charge in [0.15, 0.2) is 0 Å². The van der Waals surface area contributed by atoms with Crippen molar-refractivity contribution in [1.29, 1.82) is 0 Å². The molecule has 0 radical (unpaired) electrons. The van der Waals surface area contributed by atoms with Crippen LogP contribution in [0.5, 0.6) is 0 Å². The van der Waals surface area contributed by atoms with Gasteiger partial charge in [-0.3, -0.25) is 0 Å². The predicted molar refractivity (Wildman–Crippen MR) is 477 cm³/mol. The van der Waals surface area contributed by atoms with Crippen LogP contribution in [0.2, 0.25) is 0 Å². The van der Waals surface area contributed by atoms with Crippen LogP contribution < -0.4 is 0 Å². The highest BCUT2D eigenvalue weighted by molar-refractivity contribution is 5.77. The monoisotopic (exact) mass is 1510 g/mol. The van der Waals surface area contributed by atoms with Gasteiger partial charge in [-0.25, -0.2) is 22.0 Å². The molecule has 0 atom stereocenters. The highest BCUT2D eigenvalue weighted by atomic mass is 19.1. The summed E-state index contributed by atoms with van der Waals surface area (Å²) in [5.41, 5.74) is 29.9. The quantitative estimate of drug-likeness (QED) is 0.0593. The molecule has 0 heterocycles. The Kier molecular flexibility index (Phi) is 30.5. The Morgan fingerprint density at radius 3 is 0.544 bits per heavy atom. The van der Waals surface area contributed by atoms with Crippen molar-refractivity contribution >= 4 is 0 Å². The fraction of sp³-hybridized carbons (Fsp3) is 0.156. The lowest BCUT2D eigenvalue weighted by molar-refractivity contribution is 0.631. The molecule has 15 rings (SSSR count). The summed E-state index contributed by atoms with van der Waals surface area (Å²) in [6.45, 7) is 22.5. The van der Waals surface area contributed by atoms with Crippen molar-refractivity contribution in [3.8, 4) is 111 Å². The maximum atomic E-state index is 14.6. The molecule has 5 heteroatoms. The van der Waals surface area contributed by atoms with Crippen LogP contribution >= 0.6 is 0 Å². The van der Waals surface area contributed by atoms with E-state index in [1.165, 1.54) is 55.6 Å². The first-order valence-electron chi connectivity index (χ1n) is 39.3. The summed E-state index contributed by atoms with van der Waals surface area (Å²) >= 11 is 0. The highest BCUT2D eigenvalue weighted by Crippen LogP contribution is 2.35. The molecule has 0 nitrogen and oxygen atoms in total. The summed E-state index contributed by atoms with van der Waals surface area (Å²) in [7, 11) is 0. The lowest BCUT2D eigenvalue weighted by atomic mass is 9.98. The summed E-state index contributed by atoms with van der Waals surface area (Å²) < 4.78 is 72.5. The van der Waals surface area contributed by atoms with E-state index in [1.54, 1.807) is 30.3 Å². The van der Waals surface area contributed by atoms with Crippen molar-refractivity contribution in [3.05, 3.63) is 431 Å². The van der Waals surface area contributed by atoms with Crippen LogP contribution in [0, 0.1) is 63.7 Å². The lowest BCUT2D eigenvalue weighted by Gasteiger charge is -2.08. The minimum Gasteiger partial charge on any atom is -0.206 e. The Morgan fingerprint density at radius 2 is 0.377 bits per heavy atom. The van der Waals surface area contributed by atoms with Crippen LogP contribution in [0.25, 0.3) is 111 Å². The van der Waals surface area contributed by atoms with E-state index in [4.69, 9.17) is 0 Å². The number of rotatable bonds is 18. The average molecular weight is 1510 g/mol. The average Bonchev–Trinajstić information content (AvgIpc) is 0.836. The normalized spacial score (nSPS) is 10.6. The number of hydrogen-bond donors (Lipinski definition) is 0. The molecule has 0 unspecified atom stereocenters. The highest BCUT2D eigenvalue weighted by Gasteiger charge is 2.14. The van der Waals surface area contributed by atoms with Crippen molar-refractivity contribution in [1.82, 2.24) is 0 Å². The zero-order chi connectivity index (χ0) is 79.8. The molecule has 0 amide bonds. The second-order valence-corrected chi connectivity index (χ2v) is 28.9. The minimum absolute atomic E-state index is 0. The van der Waals surface area contributed by atoms with Gasteiger partial charge in [0.05, 0.1) is 0 Å². The Balaban J connectivity index is 0.000000151. The molecular weight excluding hydrogens is 1400 g/mol. The van der Waals surface area contributed by atoms with E-state index in [0.717, 1.165) is 128 Å². The third-order valence-corrected chi connectivity index (χ3v) is 20.5. The van der Waals surface area contributed by atoms with E-state index in [2.05, 4.69) is 156 Å². The van der Waals surface area contributed by atoms with Gasteiger partial charge in [-0.15, -0.1) is 6.58 Å². The number of aryl methyl sites for hydroxylation is 10. The van der Waals surface area contributed by atoms with Crippen LogP contribution in [0.3, 0.4) is 0 Å². The minimum atomic E-state index is -0.188. The van der Waals surface area contributed by atoms with Gasteiger partial charge in [0, 0.05) is 27.8 Å². The first kappa shape index (κ1) is 84.1. The SMILES string of the molecule is C.C=CCCc1ccc(-c2ccc(-c3ccc(C)cc3)c(F)c2)cc1.CCCc1ccc(-c2ccc(-c3ccc(C)cc3)c(F)c2)cc1.CCc1ccc(-c2ccc(-c3ccc(C)cc3)c(F)c2)cc1.CCc1ccc(-c2ccc(-c3ccc(C)cc3)c(F)c2)cc1.CCc1ccc(-c2ccc(-c3ccc(C)cc3)c(F)c2)cc1. The van der Waals surface area contributed by atoms with E-state index in [1.807, 2.05) is 223 Å². The number of benzene rings is 15. The summed E-state index contributed by atoms with van der Waals surface area (Å²) in [5.74, 6) is -0.904. The number of halogens is 5. The van der Waals surface area contributed by atoms with E-state index in [-0.39, 0.29) is 36.5 Å². The standard InChI is InChI=1S/C23H21F.C22H21F.3C21H19F.CH4/c1-3-4-5-18-8-12-19(13-9-18)21-14-15-22(23(24)16-21)20-10-6-17(2)7-11-20;1-3-4-17-7-11-18(12-8-17)20-13-14-21(22(23)15-20)19-9-5-16(2)6-10-19;3*1-3-16-6-10-17(11-7-16)19-12-13-20(21(22)14-19)18-8-4-15(2)5-9-18;/h3,6-16H,1,4-5H2,2H3;5-15H,3-4H2,1-2H3;3*4-14H,3H2,1-2H3;1H4. The van der Waals surface area contributed by atoms with Crippen molar-refractivity contribution in [2.75, 3.05) is 0 Å². The molecule has 0 aliphatic rings. The fourth-order valence-electron chi connectivity index (χ4n) is 13.4. The van der Waals surface area contributed by atoms with Crippen LogP contribution in [-0.4, -0.2) is 0 Å². The molecular formula is C109H103F5. The van der Waals surface area contributed by atoms with Crippen LogP contribution in [0.1, 0.15) is 104 Å². The van der Waals surface area contributed by atoms with Crippen molar-refractivity contribution in [2.45, 2.75) is 115 Å². The summed E-state index contributed by atoms with van der Waals surface area (Å²) in [6, 6.07) is 109. The molecule has 0 spiro atoms. The molecule has 15 aromatic rings. The fourth-order valence-corrected chi connectivity index (χ4v) is 13.4. The van der Waals surface area contributed by atoms with Gasteiger partial charge >= 0.3 is 0 Å². The summed E-state index contributed by atoms with van der Waals surface area (Å²) in [4.78, 5) is 0. The van der Waals surface area contributed by atoms with Crippen LogP contribution in [0.4, 0.5) is 22.0 Å². The van der Waals surface area contributed by atoms with Gasteiger partial charge in [0.1, 0.15) is 29.1 Å². The summed E-state index contributed by atoms with van der Waals surface area (Å²) in [5, 5.41) is 0. The molecule has 0 saturated carbocycles. The van der Waals surface area contributed by atoms with Gasteiger partial charge in [0.25, 0.3) is 0 Å². The first-order chi connectivity index (χ1) is 54.8. The molecule has 0 aromatic heterocycles. The zero-order valence-corrected chi connectivity index (χ0v) is 66.4. The van der Waals surface area contributed by atoms with Crippen LogP contribution in [-0.2, 0) is 32.1 Å². The zero-order valence-electron chi connectivity index (χ0n) is 66.4. The Hall–Kier alpha value is -12.3. The third-order valence-electron chi connectivity index (χ3n) is 20.5. The maximum Gasteiger partial charge on any atom is 0.131 e. The molecule has 0 fully saturated rings. The Morgan fingerprint density at radius 1 is 0.211 bits per heavy atom. The lowest BCUT2D eigenvalue weighted by Crippen LogP contribution is -1.88. The molecule has 114 heavy (non-hydrogen) atoms. The Bertz CT molecular complexity index is 5220. The van der Waals surface area contributed by atoms with Crippen molar-refractivity contribution in [2.24, 2.45) is 0 Å². The third kappa shape index (κ3) is 22.9. The number of hydrogen-bond acceptors (Lipinski definition) is 0. The molecule has 0 bridgehead atoms. The predicted octanol–water partition coefficient (Wildman–Crippen LogP) is 31.7. The van der Waals surface area contributed by atoms with E-state index >= 15 is 0 Å². The van der Waals surface area contributed by atoms with Gasteiger partial charge in [-0.2, -0.15) is 0 Å². The second-order valence-electron chi connectivity index (χ2n) is 28.9. The molecule has 0 saturated heterocycles. The van der Waals surface area contributed by atoms with Crippen molar-refractivity contribution < 1.29 is 22.0 Å². The number of allylic oxidation sites excluding steroid dienone is 1. The molecule has 0 N–H and O–H groups in total. The Labute approximate surface area is 674 Å². The largest absolute Gasteiger partial charge is 0.206 e. The van der Waals surface area contributed by atoms with Gasteiger partial charge in [0.2, 0.25) is 0 Å². The molecule has 0 aliphatic heterocycles. The molecule has 15 aromatic carbocycles. The first-order valence-corrected chi connectivity index (χ1v) is 39.3. The van der Waals surface area contributed by atoms with E-state index in [9.17, 15) is 22.0 Å². The van der Waals surface area contributed by atoms with Gasteiger partial charge in [-0.1, -0.05) is 379 Å². The topological polar surface area (TPSA) is 0 Å². The smallest absolute Gasteiger partial charge is 0.131 e. The maximum absolute atomic E-state index is 14.6. The molecule has 574 valence electrons. The second kappa shape index (κ2) is 41.3.